The Kier molecular flexibility index (Phi) is 3.77. The number of methoxy groups -OCH3 is 1. The standard InChI is InChI=1S/C14H13F2NO/c1-18-12-6-7-13(16)14(8-12)17-9-10-2-4-11(15)5-3-10/h2-8,17H,9H2,1H3. The zero-order chi connectivity index (χ0) is 13.0. The van der Waals surface area contributed by atoms with Gasteiger partial charge < -0.3 is 10.1 Å². The first-order valence-electron chi connectivity index (χ1n) is 5.51. The van der Waals surface area contributed by atoms with Crippen LogP contribution in [0.5, 0.6) is 5.75 Å². The van der Waals surface area contributed by atoms with Crippen molar-refractivity contribution in [3.8, 4) is 5.75 Å². The Hall–Kier alpha value is -2.10. The highest BCUT2D eigenvalue weighted by Gasteiger charge is 2.03. The summed E-state index contributed by atoms with van der Waals surface area (Å²) < 4.78 is 31.2. The largest absolute Gasteiger partial charge is 0.497 e. The summed E-state index contributed by atoms with van der Waals surface area (Å²) in [6, 6.07) is 10.5. The fourth-order valence-corrected chi connectivity index (χ4v) is 1.57. The van der Waals surface area contributed by atoms with Crippen molar-refractivity contribution < 1.29 is 13.5 Å². The smallest absolute Gasteiger partial charge is 0.146 e. The molecule has 2 rings (SSSR count). The second kappa shape index (κ2) is 5.49. The molecule has 2 aromatic rings. The maximum atomic E-state index is 13.5. The van der Waals surface area contributed by atoms with Gasteiger partial charge in [-0.1, -0.05) is 12.1 Å². The van der Waals surface area contributed by atoms with E-state index < -0.39 is 0 Å². The topological polar surface area (TPSA) is 21.3 Å². The van der Waals surface area contributed by atoms with Gasteiger partial charge in [-0.05, 0) is 29.8 Å². The highest BCUT2D eigenvalue weighted by atomic mass is 19.1. The molecule has 0 radical (unpaired) electrons. The third-order valence-corrected chi connectivity index (χ3v) is 2.57. The first-order chi connectivity index (χ1) is 8.69. The minimum Gasteiger partial charge on any atom is -0.497 e. The molecule has 4 heteroatoms. The first kappa shape index (κ1) is 12.4. The van der Waals surface area contributed by atoms with E-state index in [1.807, 2.05) is 0 Å². The number of halogens is 2. The van der Waals surface area contributed by atoms with Gasteiger partial charge in [0.25, 0.3) is 0 Å². The summed E-state index contributed by atoms with van der Waals surface area (Å²) in [5.74, 6) is -0.0535. The second-order valence-electron chi connectivity index (χ2n) is 3.83. The zero-order valence-electron chi connectivity index (χ0n) is 9.91. The molecular weight excluding hydrogens is 236 g/mol. The molecule has 0 atom stereocenters. The Balaban J connectivity index is 2.07. The van der Waals surface area contributed by atoms with Crippen LogP contribution in [-0.4, -0.2) is 7.11 Å². The molecule has 2 nitrogen and oxygen atoms in total. The Morgan fingerprint density at radius 2 is 1.78 bits per heavy atom. The Morgan fingerprint density at radius 1 is 1.06 bits per heavy atom. The van der Waals surface area contributed by atoms with Crippen molar-refractivity contribution in [3.63, 3.8) is 0 Å². The molecule has 0 spiro atoms. The molecule has 1 N–H and O–H groups in total. The number of anilines is 1. The molecule has 0 aromatic heterocycles. The molecule has 0 fully saturated rings. The van der Waals surface area contributed by atoms with E-state index in [1.165, 1.54) is 25.3 Å². The molecular formula is C14H13F2NO. The predicted octanol–water partition coefficient (Wildman–Crippen LogP) is 3.59. The lowest BCUT2D eigenvalue weighted by molar-refractivity contribution is 0.414. The van der Waals surface area contributed by atoms with Gasteiger partial charge in [-0.15, -0.1) is 0 Å². The van der Waals surface area contributed by atoms with E-state index in [0.29, 0.717) is 18.0 Å². The lowest BCUT2D eigenvalue weighted by Gasteiger charge is -2.09. The van der Waals surface area contributed by atoms with E-state index in [9.17, 15) is 8.78 Å². The van der Waals surface area contributed by atoms with Gasteiger partial charge in [-0.25, -0.2) is 8.78 Å². The molecule has 0 amide bonds. The Morgan fingerprint density at radius 3 is 2.44 bits per heavy atom. The third kappa shape index (κ3) is 2.97. The molecule has 0 aliphatic heterocycles. The quantitative estimate of drug-likeness (QED) is 0.894. The van der Waals surface area contributed by atoms with Gasteiger partial charge in [0.05, 0.1) is 12.8 Å². The molecule has 94 valence electrons. The summed E-state index contributed by atoms with van der Waals surface area (Å²) >= 11 is 0. The molecule has 0 aliphatic rings. The number of benzene rings is 2. The summed E-state index contributed by atoms with van der Waals surface area (Å²) in [7, 11) is 1.52. The van der Waals surface area contributed by atoms with Crippen molar-refractivity contribution in [1.82, 2.24) is 0 Å². The predicted molar refractivity (Wildman–Crippen MR) is 66.7 cm³/mol. The molecule has 0 saturated carbocycles. The fourth-order valence-electron chi connectivity index (χ4n) is 1.57. The number of rotatable bonds is 4. The second-order valence-corrected chi connectivity index (χ2v) is 3.83. The lowest BCUT2D eigenvalue weighted by Crippen LogP contribution is -2.01. The van der Waals surface area contributed by atoms with Gasteiger partial charge in [0.15, 0.2) is 0 Å². The first-order valence-corrected chi connectivity index (χ1v) is 5.51. The van der Waals surface area contributed by atoms with Crippen LogP contribution in [0.2, 0.25) is 0 Å². The van der Waals surface area contributed by atoms with Crippen molar-refractivity contribution in [2.45, 2.75) is 6.54 Å². The number of hydrogen-bond acceptors (Lipinski definition) is 2. The van der Waals surface area contributed by atoms with E-state index in [-0.39, 0.29) is 11.6 Å². The van der Waals surface area contributed by atoms with Crippen LogP contribution in [0.1, 0.15) is 5.56 Å². The van der Waals surface area contributed by atoms with Crippen molar-refractivity contribution >= 4 is 5.69 Å². The fraction of sp³-hybridized carbons (Fsp3) is 0.143. The Labute approximate surface area is 104 Å². The maximum Gasteiger partial charge on any atom is 0.146 e. The van der Waals surface area contributed by atoms with Gasteiger partial charge in [-0.3, -0.25) is 0 Å². The van der Waals surface area contributed by atoms with Crippen molar-refractivity contribution in [1.29, 1.82) is 0 Å². The molecule has 0 saturated heterocycles. The Bertz CT molecular complexity index is 526. The minimum absolute atomic E-state index is 0.286. The van der Waals surface area contributed by atoms with E-state index in [2.05, 4.69) is 5.32 Å². The van der Waals surface area contributed by atoms with E-state index in [4.69, 9.17) is 4.74 Å². The maximum absolute atomic E-state index is 13.5. The van der Waals surface area contributed by atoms with Gasteiger partial charge in [0.2, 0.25) is 0 Å². The average molecular weight is 249 g/mol. The highest BCUT2D eigenvalue weighted by Crippen LogP contribution is 2.21. The summed E-state index contributed by atoms with van der Waals surface area (Å²) in [4.78, 5) is 0. The summed E-state index contributed by atoms with van der Waals surface area (Å²) in [6.45, 7) is 0.421. The van der Waals surface area contributed by atoms with Gasteiger partial charge in [0, 0.05) is 12.6 Å². The molecule has 0 heterocycles. The lowest BCUT2D eigenvalue weighted by atomic mass is 10.2. The normalized spacial score (nSPS) is 10.2. The number of ether oxygens (including phenoxy) is 1. The molecule has 0 aliphatic carbocycles. The number of hydrogen-bond donors (Lipinski definition) is 1. The summed E-state index contributed by atoms with van der Waals surface area (Å²) in [5, 5.41) is 2.95. The van der Waals surface area contributed by atoms with E-state index in [0.717, 1.165) is 5.56 Å². The van der Waals surface area contributed by atoms with E-state index >= 15 is 0 Å². The molecule has 0 unspecified atom stereocenters. The average Bonchev–Trinajstić information content (AvgIpc) is 2.40. The molecule has 0 bridgehead atoms. The third-order valence-electron chi connectivity index (χ3n) is 2.57. The van der Waals surface area contributed by atoms with Crippen LogP contribution in [-0.2, 0) is 6.54 Å². The van der Waals surface area contributed by atoms with Crippen LogP contribution < -0.4 is 10.1 Å². The van der Waals surface area contributed by atoms with Crippen molar-refractivity contribution in [2.75, 3.05) is 12.4 Å². The zero-order valence-corrected chi connectivity index (χ0v) is 9.91. The van der Waals surface area contributed by atoms with Gasteiger partial charge in [0.1, 0.15) is 17.4 Å². The van der Waals surface area contributed by atoms with Crippen LogP contribution >= 0.6 is 0 Å². The van der Waals surface area contributed by atoms with Crippen molar-refractivity contribution in [2.24, 2.45) is 0 Å². The van der Waals surface area contributed by atoms with Crippen LogP contribution in [0.25, 0.3) is 0 Å². The van der Waals surface area contributed by atoms with Gasteiger partial charge >= 0.3 is 0 Å². The van der Waals surface area contributed by atoms with Crippen LogP contribution in [0.15, 0.2) is 42.5 Å². The summed E-state index contributed by atoms with van der Waals surface area (Å²) in [5.41, 5.74) is 1.23. The minimum atomic E-state index is -0.349. The van der Waals surface area contributed by atoms with Gasteiger partial charge in [-0.2, -0.15) is 0 Å². The van der Waals surface area contributed by atoms with Crippen LogP contribution in [0.4, 0.5) is 14.5 Å². The monoisotopic (exact) mass is 249 g/mol. The van der Waals surface area contributed by atoms with Crippen LogP contribution in [0.3, 0.4) is 0 Å². The highest BCUT2D eigenvalue weighted by molar-refractivity contribution is 5.50. The van der Waals surface area contributed by atoms with E-state index in [1.54, 1.807) is 24.3 Å². The van der Waals surface area contributed by atoms with Crippen molar-refractivity contribution in [3.05, 3.63) is 59.7 Å². The molecule has 18 heavy (non-hydrogen) atoms. The number of nitrogens with one attached hydrogen (secondary N) is 1. The molecule has 2 aromatic carbocycles. The van der Waals surface area contributed by atoms with Crippen LogP contribution in [0, 0.1) is 11.6 Å². The SMILES string of the molecule is COc1ccc(F)c(NCc2ccc(F)cc2)c1. The summed E-state index contributed by atoms with van der Waals surface area (Å²) in [6.07, 6.45) is 0.